The summed E-state index contributed by atoms with van der Waals surface area (Å²) in [5.41, 5.74) is 3.02. The number of fused-ring (bicyclic) bond motifs is 1. The molecule has 0 spiro atoms. The van der Waals surface area contributed by atoms with Gasteiger partial charge in [-0.2, -0.15) is 0 Å². The molecule has 3 aromatic rings. The lowest BCUT2D eigenvalue weighted by Gasteiger charge is -2.08. The van der Waals surface area contributed by atoms with E-state index in [1.54, 1.807) is 19.1 Å². The standard InChI is InChI=1S/C15H14N2O3/c1-9-17-12-7-11(5-6-14(12)20-9)16-8-10-3-2-4-13(18)15(10)19/h2-7,16,18-19H,8H2,1H3. The van der Waals surface area contributed by atoms with Crippen molar-refractivity contribution < 1.29 is 14.6 Å². The van der Waals surface area contributed by atoms with Gasteiger partial charge < -0.3 is 19.9 Å². The fraction of sp³-hybridized carbons (Fsp3) is 0.133. The number of nitrogens with one attached hydrogen (secondary N) is 1. The van der Waals surface area contributed by atoms with E-state index in [9.17, 15) is 10.2 Å². The first-order chi connectivity index (χ1) is 9.63. The van der Waals surface area contributed by atoms with E-state index in [-0.39, 0.29) is 11.5 Å². The van der Waals surface area contributed by atoms with Gasteiger partial charge in [-0.1, -0.05) is 12.1 Å². The molecule has 0 amide bonds. The highest BCUT2D eigenvalue weighted by atomic mass is 16.3. The lowest BCUT2D eigenvalue weighted by atomic mass is 10.2. The van der Waals surface area contributed by atoms with Gasteiger partial charge in [-0.05, 0) is 24.3 Å². The highest BCUT2D eigenvalue weighted by molar-refractivity contribution is 5.77. The van der Waals surface area contributed by atoms with Crippen molar-refractivity contribution in [2.75, 3.05) is 5.32 Å². The van der Waals surface area contributed by atoms with Crippen LogP contribution in [-0.4, -0.2) is 15.2 Å². The summed E-state index contributed by atoms with van der Waals surface area (Å²) >= 11 is 0. The normalized spacial score (nSPS) is 10.8. The van der Waals surface area contributed by atoms with Gasteiger partial charge in [-0.15, -0.1) is 0 Å². The van der Waals surface area contributed by atoms with Gasteiger partial charge in [0.25, 0.3) is 0 Å². The molecule has 5 heteroatoms. The zero-order valence-electron chi connectivity index (χ0n) is 10.9. The average molecular weight is 270 g/mol. The Balaban J connectivity index is 1.81. The zero-order valence-corrected chi connectivity index (χ0v) is 10.9. The predicted molar refractivity (Wildman–Crippen MR) is 75.8 cm³/mol. The summed E-state index contributed by atoms with van der Waals surface area (Å²) in [6, 6.07) is 10.5. The Bertz CT molecular complexity index is 765. The number of oxazole rings is 1. The van der Waals surface area contributed by atoms with Gasteiger partial charge in [0.15, 0.2) is 23.0 Å². The molecule has 0 saturated carbocycles. The number of aryl methyl sites for hydroxylation is 1. The van der Waals surface area contributed by atoms with Crippen LogP contribution in [0.1, 0.15) is 11.5 Å². The second-order valence-corrected chi connectivity index (χ2v) is 4.55. The van der Waals surface area contributed by atoms with Crippen molar-refractivity contribution in [3.63, 3.8) is 0 Å². The van der Waals surface area contributed by atoms with Gasteiger partial charge in [-0.3, -0.25) is 0 Å². The minimum Gasteiger partial charge on any atom is -0.504 e. The van der Waals surface area contributed by atoms with Crippen LogP contribution in [0.3, 0.4) is 0 Å². The number of rotatable bonds is 3. The summed E-state index contributed by atoms with van der Waals surface area (Å²) in [7, 11) is 0. The van der Waals surface area contributed by atoms with Gasteiger partial charge in [0, 0.05) is 24.7 Å². The summed E-state index contributed by atoms with van der Waals surface area (Å²) in [4.78, 5) is 4.26. The molecule has 3 rings (SSSR count). The molecule has 0 atom stereocenters. The summed E-state index contributed by atoms with van der Waals surface area (Å²) in [6.07, 6.45) is 0. The van der Waals surface area contributed by atoms with Crippen LogP contribution in [0.4, 0.5) is 5.69 Å². The first kappa shape index (κ1) is 12.3. The monoisotopic (exact) mass is 270 g/mol. The summed E-state index contributed by atoms with van der Waals surface area (Å²) in [5, 5.41) is 22.4. The average Bonchev–Trinajstić information content (AvgIpc) is 2.79. The van der Waals surface area contributed by atoms with Crippen LogP contribution in [0.5, 0.6) is 11.5 Å². The molecular formula is C15H14N2O3. The number of phenolic OH excluding ortho intramolecular Hbond substituents is 2. The van der Waals surface area contributed by atoms with Crippen LogP contribution in [-0.2, 0) is 6.54 Å². The minimum absolute atomic E-state index is 0.0987. The fourth-order valence-electron chi connectivity index (χ4n) is 2.07. The lowest BCUT2D eigenvalue weighted by molar-refractivity contribution is 0.400. The predicted octanol–water partition coefficient (Wildman–Crippen LogP) is 3.16. The Morgan fingerprint density at radius 3 is 2.90 bits per heavy atom. The van der Waals surface area contributed by atoms with E-state index in [1.807, 2.05) is 18.2 Å². The van der Waals surface area contributed by atoms with E-state index in [4.69, 9.17) is 4.42 Å². The summed E-state index contributed by atoms with van der Waals surface area (Å²) < 4.78 is 5.41. The van der Waals surface area contributed by atoms with E-state index >= 15 is 0 Å². The van der Waals surface area contributed by atoms with Crippen molar-refractivity contribution in [2.45, 2.75) is 13.5 Å². The third-order valence-corrected chi connectivity index (χ3v) is 3.08. The van der Waals surface area contributed by atoms with Crippen LogP contribution in [0, 0.1) is 6.92 Å². The van der Waals surface area contributed by atoms with E-state index in [2.05, 4.69) is 10.3 Å². The van der Waals surface area contributed by atoms with Crippen LogP contribution in [0.2, 0.25) is 0 Å². The number of hydrogen-bond acceptors (Lipinski definition) is 5. The van der Waals surface area contributed by atoms with E-state index in [0.29, 0.717) is 18.0 Å². The van der Waals surface area contributed by atoms with Crippen molar-refractivity contribution in [1.82, 2.24) is 4.98 Å². The molecule has 102 valence electrons. The van der Waals surface area contributed by atoms with Gasteiger partial charge in [0.05, 0.1) is 0 Å². The maximum absolute atomic E-state index is 9.73. The Kier molecular flexibility index (Phi) is 2.95. The molecule has 0 aliphatic rings. The molecule has 0 fully saturated rings. The van der Waals surface area contributed by atoms with Gasteiger partial charge in [0.1, 0.15) is 5.52 Å². The van der Waals surface area contributed by atoms with Crippen molar-refractivity contribution in [1.29, 1.82) is 0 Å². The molecule has 0 aliphatic heterocycles. The largest absolute Gasteiger partial charge is 0.504 e. The number of phenols is 2. The molecule has 0 unspecified atom stereocenters. The number of nitrogens with zero attached hydrogens (tertiary/aromatic N) is 1. The summed E-state index contributed by atoms with van der Waals surface area (Å²) in [6.45, 7) is 2.21. The van der Waals surface area contributed by atoms with Crippen LogP contribution in [0.15, 0.2) is 40.8 Å². The third kappa shape index (κ3) is 2.25. The van der Waals surface area contributed by atoms with Crippen molar-refractivity contribution in [2.24, 2.45) is 0 Å². The second kappa shape index (κ2) is 4.77. The first-order valence-corrected chi connectivity index (χ1v) is 6.24. The molecule has 3 N–H and O–H groups in total. The van der Waals surface area contributed by atoms with Crippen LogP contribution < -0.4 is 5.32 Å². The highest BCUT2D eigenvalue weighted by Gasteiger charge is 2.06. The lowest BCUT2D eigenvalue weighted by Crippen LogP contribution is -1.99. The van der Waals surface area contributed by atoms with Gasteiger partial charge in [-0.25, -0.2) is 4.98 Å². The fourth-order valence-corrected chi connectivity index (χ4v) is 2.07. The number of anilines is 1. The minimum atomic E-state index is -0.119. The smallest absolute Gasteiger partial charge is 0.192 e. The molecule has 1 aromatic heterocycles. The topological polar surface area (TPSA) is 78.5 Å². The van der Waals surface area contributed by atoms with Crippen molar-refractivity contribution in [3.05, 3.63) is 47.9 Å². The SMILES string of the molecule is Cc1nc2cc(NCc3cccc(O)c3O)ccc2o1. The van der Waals surface area contributed by atoms with Crippen molar-refractivity contribution >= 4 is 16.8 Å². The number of aromatic hydroxyl groups is 2. The first-order valence-electron chi connectivity index (χ1n) is 6.24. The third-order valence-electron chi connectivity index (χ3n) is 3.08. The molecule has 0 bridgehead atoms. The highest BCUT2D eigenvalue weighted by Crippen LogP contribution is 2.29. The number of benzene rings is 2. The number of para-hydroxylation sites is 1. The van der Waals surface area contributed by atoms with Crippen LogP contribution >= 0.6 is 0 Å². The Morgan fingerprint density at radius 2 is 2.05 bits per heavy atom. The van der Waals surface area contributed by atoms with Crippen molar-refractivity contribution in [3.8, 4) is 11.5 Å². The van der Waals surface area contributed by atoms with Crippen LogP contribution in [0.25, 0.3) is 11.1 Å². The van der Waals surface area contributed by atoms with Gasteiger partial charge in [0.2, 0.25) is 0 Å². The second-order valence-electron chi connectivity index (χ2n) is 4.55. The van der Waals surface area contributed by atoms with E-state index in [0.717, 1.165) is 16.8 Å². The molecule has 0 radical (unpaired) electrons. The van der Waals surface area contributed by atoms with E-state index < -0.39 is 0 Å². The Labute approximate surface area is 115 Å². The quantitative estimate of drug-likeness (QED) is 0.637. The number of hydrogen-bond donors (Lipinski definition) is 3. The molecule has 2 aromatic carbocycles. The number of aromatic nitrogens is 1. The molecule has 5 nitrogen and oxygen atoms in total. The van der Waals surface area contributed by atoms with Gasteiger partial charge >= 0.3 is 0 Å². The zero-order chi connectivity index (χ0) is 14.1. The van der Waals surface area contributed by atoms with E-state index in [1.165, 1.54) is 6.07 Å². The Hall–Kier alpha value is -2.69. The summed E-state index contributed by atoms with van der Waals surface area (Å²) in [5.74, 6) is 0.410. The molecular weight excluding hydrogens is 256 g/mol. The molecule has 0 aliphatic carbocycles. The molecule has 20 heavy (non-hydrogen) atoms. The Morgan fingerprint density at radius 1 is 1.20 bits per heavy atom. The molecule has 1 heterocycles. The maximum Gasteiger partial charge on any atom is 0.192 e. The molecule has 0 saturated heterocycles. The maximum atomic E-state index is 9.73.